The fourth-order valence-electron chi connectivity index (χ4n) is 2.50. The minimum Gasteiger partial charge on any atom is -0.482 e. The average molecular weight is 411 g/mol. The van der Waals surface area contributed by atoms with Crippen molar-refractivity contribution in [2.24, 2.45) is 0 Å². The molecule has 146 valence electrons. The van der Waals surface area contributed by atoms with Crippen LogP contribution in [0.1, 0.15) is 19.4 Å². The van der Waals surface area contributed by atoms with Gasteiger partial charge in [0.25, 0.3) is 5.91 Å². The SMILES string of the molecule is CCN(CC)S(=O)(=O)c1ccc(C)c(NC(=O)COc2ccccc2Cl)c1. The van der Waals surface area contributed by atoms with Crippen LogP contribution in [-0.4, -0.2) is 38.3 Å². The normalized spacial score (nSPS) is 11.4. The van der Waals surface area contributed by atoms with E-state index in [4.69, 9.17) is 16.3 Å². The highest BCUT2D eigenvalue weighted by Crippen LogP contribution is 2.24. The lowest BCUT2D eigenvalue weighted by atomic mass is 10.2. The van der Waals surface area contributed by atoms with Gasteiger partial charge in [-0.05, 0) is 36.8 Å². The molecule has 0 aromatic heterocycles. The fourth-order valence-corrected chi connectivity index (χ4v) is 4.18. The number of benzene rings is 2. The summed E-state index contributed by atoms with van der Waals surface area (Å²) in [6, 6.07) is 11.5. The van der Waals surface area contributed by atoms with Crippen molar-refractivity contribution in [2.75, 3.05) is 25.0 Å². The molecule has 0 radical (unpaired) electrons. The summed E-state index contributed by atoms with van der Waals surface area (Å²) in [5.41, 5.74) is 1.18. The molecule has 1 amide bonds. The molecule has 1 N–H and O–H groups in total. The molecule has 0 atom stereocenters. The number of carbonyl (C=O) groups is 1. The molecule has 2 aromatic carbocycles. The number of carbonyl (C=O) groups excluding carboxylic acids is 1. The van der Waals surface area contributed by atoms with Gasteiger partial charge in [-0.1, -0.05) is 43.6 Å². The van der Waals surface area contributed by atoms with Gasteiger partial charge in [-0.3, -0.25) is 4.79 Å². The van der Waals surface area contributed by atoms with Crippen LogP contribution in [0.4, 0.5) is 5.69 Å². The van der Waals surface area contributed by atoms with Gasteiger partial charge in [-0.2, -0.15) is 4.31 Å². The molecular formula is C19H23ClN2O4S. The number of ether oxygens (including phenoxy) is 1. The van der Waals surface area contributed by atoms with E-state index in [2.05, 4.69) is 5.32 Å². The van der Waals surface area contributed by atoms with Gasteiger partial charge in [0.05, 0.1) is 9.92 Å². The van der Waals surface area contributed by atoms with Crippen LogP contribution in [0.2, 0.25) is 5.02 Å². The van der Waals surface area contributed by atoms with Gasteiger partial charge in [-0.15, -0.1) is 0 Å². The Morgan fingerprint density at radius 3 is 2.44 bits per heavy atom. The van der Waals surface area contributed by atoms with Crippen LogP contribution in [0.5, 0.6) is 5.75 Å². The van der Waals surface area contributed by atoms with Crippen molar-refractivity contribution in [3.63, 3.8) is 0 Å². The zero-order valence-corrected chi connectivity index (χ0v) is 17.1. The Labute approximate surface area is 165 Å². The smallest absolute Gasteiger partial charge is 0.262 e. The maximum absolute atomic E-state index is 12.7. The second-order valence-electron chi connectivity index (χ2n) is 5.83. The molecule has 0 saturated carbocycles. The Balaban J connectivity index is 2.14. The lowest BCUT2D eigenvalue weighted by Gasteiger charge is -2.19. The number of anilines is 1. The van der Waals surface area contributed by atoms with Crippen LogP contribution in [-0.2, 0) is 14.8 Å². The Morgan fingerprint density at radius 1 is 1.15 bits per heavy atom. The number of rotatable bonds is 8. The fraction of sp³-hybridized carbons (Fsp3) is 0.316. The van der Waals surface area contributed by atoms with Crippen LogP contribution in [0.15, 0.2) is 47.4 Å². The molecule has 0 saturated heterocycles. The predicted molar refractivity (Wildman–Crippen MR) is 107 cm³/mol. The summed E-state index contributed by atoms with van der Waals surface area (Å²) in [5, 5.41) is 3.11. The molecular weight excluding hydrogens is 388 g/mol. The van der Waals surface area contributed by atoms with Gasteiger partial charge in [0.15, 0.2) is 6.61 Å². The van der Waals surface area contributed by atoms with E-state index in [0.717, 1.165) is 5.56 Å². The predicted octanol–water partition coefficient (Wildman–Crippen LogP) is 3.70. The van der Waals surface area contributed by atoms with Crippen LogP contribution in [0, 0.1) is 6.92 Å². The van der Waals surface area contributed by atoms with E-state index < -0.39 is 15.9 Å². The summed E-state index contributed by atoms with van der Waals surface area (Å²) in [5.74, 6) is -0.000641. The molecule has 0 spiro atoms. The van der Waals surface area contributed by atoms with E-state index in [9.17, 15) is 13.2 Å². The zero-order chi connectivity index (χ0) is 20.0. The number of amides is 1. The molecule has 0 bridgehead atoms. The van der Waals surface area contributed by atoms with Gasteiger partial charge in [0.1, 0.15) is 5.75 Å². The van der Waals surface area contributed by atoms with Crippen LogP contribution in [0.3, 0.4) is 0 Å². The second-order valence-corrected chi connectivity index (χ2v) is 8.18. The van der Waals surface area contributed by atoms with Crippen molar-refractivity contribution in [1.82, 2.24) is 4.31 Å². The topological polar surface area (TPSA) is 75.7 Å². The van der Waals surface area contributed by atoms with Gasteiger partial charge < -0.3 is 10.1 Å². The van der Waals surface area contributed by atoms with Crippen LogP contribution in [0.25, 0.3) is 0 Å². The largest absolute Gasteiger partial charge is 0.482 e. The summed E-state index contributed by atoms with van der Waals surface area (Å²) in [6.07, 6.45) is 0. The second kappa shape index (κ2) is 9.21. The molecule has 0 aliphatic heterocycles. The third-order valence-corrected chi connectivity index (χ3v) is 6.38. The first kappa shape index (κ1) is 21.2. The lowest BCUT2D eigenvalue weighted by molar-refractivity contribution is -0.118. The van der Waals surface area contributed by atoms with Crippen LogP contribution < -0.4 is 10.1 Å². The molecule has 0 unspecified atom stereocenters. The standard InChI is InChI=1S/C19H23ClN2O4S/c1-4-22(5-2)27(24,25)15-11-10-14(3)17(12-15)21-19(23)13-26-18-9-7-6-8-16(18)20/h6-12H,4-5,13H2,1-3H3,(H,21,23). The summed E-state index contributed by atoms with van der Waals surface area (Å²) in [4.78, 5) is 12.4. The van der Waals surface area contributed by atoms with Gasteiger partial charge in [-0.25, -0.2) is 8.42 Å². The van der Waals surface area contributed by atoms with Crippen molar-refractivity contribution in [3.05, 3.63) is 53.1 Å². The lowest BCUT2D eigenvalue weighted by Crippen LogP contribution is -2.30. The summed E-state index contributed by atoms with van der Waals surface area (Å²) in [7, 11) is -3.60. The van der Waals surface area contributed by atoms with Crippen molar-refractivity contribution in [1.29, 1.82) is 0 Å². The minimum absolute atomic E-state index is 0.138. The highest BCUT2D eigenvalue weighted by molar-refractivity contribution is 7.89. The highest BCUT2D eigenvalue weighted by atomic mass is 35.5. The summed E-state index contributed by atoms with van der Waals surface area (Å²) < 4.78 is 32.1. The average Bonchev–Trinajstić information content (AvgIpc) is 2.63. The third kappa shape index (κ3) is 5.22. The number of sulfonamides is 1. The first-order valence-electron chi connectivity index (χ1n) is 8.57. The quantitative estimate of drug-likeness (QED) is 0.720. The number of nitrogens with one attached hydrogen (secondary N) is 1. The van der Waals surface area contributed by atoms with Crippen molar-refractivity contribution in [3.8, 4) is 5.75 Å². The first-order valence-corrected chi connectivity index (χ1v) is 10.4. The van der Waals surface area contributed by atoms with E-state index in [1.165, 1.54) is 10.4 Å². The Morgan fingerprint density at radius 2 is 1.81 bits per heavy atom. The van der Waals surface area contributed by atoms with Crippen LogP contribution >= 0.6 is 11.6 Å². The zero-order valence-electron chi connectivity index (χ0n) is 15.5. The molecule has 2 rings (SSSR count). The van der Waals surface area contributed by atoms with E-state index in [1.54, 1.807) is 57.2 Å². The van der Waals surface area contributed by atoms with Gasteiger partial charge >= 0.3 is 0 Å². The molecule has 8 heteroatoms. The molecule has 0 heterocycles. The van der Waals surface area contributed by atoms with Crippen molar-refractivity contribution >= 4 is 33.2 Å². The first-order chi connectivity index (χ1) is 12.8. The van der Waals surface area contributed by atoms with E-state index in [1.807, 2.05) is 0 Å². The molecule has 2 aromatic rings. The minimum atomic E-state index is -3.60. The number of para-hydroxylation sites is 1. The highest BCUT2D eigenvalue weighted by Gasteiger charge is 2.22. The van der Waals surface area contributed by atoms with E-state index in [0.29, 0.717) is 29.5 Å². The Hall–Kier alpha value is -2.09. The van der Waals surface area contributed by atoms with Crippen molar-refractivity contribution < 1.29 is 17.9 Å². The molecule has 0 fully saturated rings. The number of nitrogens with zero attached hydrogens (tertiary/aromatic N) is 1. The van der Waals surface area contributed by atoms with Gasteiger partial charge in [0, 0.05) is 18.8 Å². The number of hydrogen-bond acceptors (Lipinski definition) is 4. The van der Waals surface area contributed by atoms with Crippen molar-refractivity contribution in [2.45, 2.75) is 25.7 Å². The molecule has 0 aliphatic carbocycles. The number of aryl methyl sites for hydroxylation is 1. The monoisotopic (exact) mass is 410 g/mol. The molecule has 6 nitrogen and oxygen atoms in total. The molecule has 0 aliphatic rings. The maximum Gasteiger partial charge on any atom is 0.262 e. The Kier molecular flexibility index (Phi) is 7.24. The van der Waals surface area contributed by atoms with E-state index in [-0.39, 0.29) is 11.5 Å². The van der Waals surface area contributed by atoms with Gasteiger partial charge in [0.2, 0.25) is 10.0 Å². The third-order valence-electron chi connectivity index (χ3n) is 4.02. The number of halogens is 1. The maximum atomic E-state index is 12.7. The Bertz CT molecular complexity index is 912. The van der Waals surface area contributed by atoms with E-state index >= 15 is 0 Å². The summed E-state index contributed by atoms with van der Waals surface area (Å²) >= 11 is 5.99. The summed E-state index contributed by atoms with van der Waals surface area (Å²) in [6.45, 7) is 5.86. The molecule has 27 heavy (non-hydrogen) atoms. The number of hydrogen-bond donors (Lipinski definition) is 1.